The Bertz CT molecular complexity index is 1240. The van der Waals surface area contributed by atoms with Crippen LogP contribution in [-0.2, 0) is 4.79 Å². The summed E-state index contributed by atoms with van der Waals surface area (Å²) in [5.41, 5.74) is 5.20. The Morgan fingerprint density at radius 1 is 1.03 bits per heavy atom. The van der Waals surface area contributed by atoms with Crippen LogP contribution >= 0.6 is 39.3 Å². The molecule has 1 heterocycles. The summed E-state index contributed by atoms with van der Waals surface area (Å²) in [4.78, 5) is 12.3. The van der Waals surface area contributed by atoms with Crippen molar-refractivity contribution in [1.29, 1.82) is 0 Å². The summed E-state index contributed by atoms with van der Waals surface area (Å²) in [6.07, 6.45) is 1.60. The number of carbonyl (C=O) groups is 1. The first kappa shape index (κ1) is 22.3. The van der Waals surface area contributed by atoms with Gasteiger partial charge in [0.2, 0.25) is 0 Å². The molecular weight excluding hydrogens is 510 g/mol. The Kier molecular flexibility index (Phi) is 7.36. The normalized spacial score (nSPS) is 11.1. The molecule has 0 saturated carbocycles. The van der Waals surface area contributed by atoms with Gasteiger partial charge in [-0.2, -0.15) is 5.10 Å². The van der Waals surface area contributed by atoms with Gasteiger partial charge in [-0.05, 0) is 42.5 Å². The molecule has 9 heteroatoms. The lowest BCUT2D eigenvalue weighted by molar-refractivity contribution is -0.118. The van der Waals surface area contributed by atoms with Gasteiger partial charge in [-0.1, -0.05) is 75.7 Å². The van der Waals surface area contributed by atoms with Crippen molar-refractivity contribution in [1.82, 2.24) is 20.2 Å². The SMILES string of the molecule is O=C(CSc1nnc(-c2ccc(Cl)cc2)n1-c1ccccc1)NN=Cc1ccccc1Br. The molecule has 1 aromatic heterocycles. The van der Waals surface area contributed by atoms with Gasteiger partial charge >= 0.3 is 0 Å². The quantitative estimate of drug-likeness (QED) is 0.193. The molecule has 0 saturated heterocycles. The fraction of sp³-hybridized carbons (Fsp3) is 0.0435. The third kappa shape index (κ3) is 5.45. The average Bonchev–Trinajstić information content (AvgIpc) is 3.24. The van der Waals surface area contributed by atoms with Crippen molar-refractivity contribution in [3.05, 3.63) is 93.9 Å². The Balaban J connectivity index is 1.50. The summed E-state index contributed by atoms with van der Waals surface area (Å²) in [6, 6.07) is 24.8. The minimum Gasteiger partial charge on any atom is -0.272 e. The van der Waals surface area contributed by atoms with E-state index in [1.807, 2.05) is 83.4 Å². The summed E-state index contributed by atoms with van der Waals surface area (Å²) in [7, 11) is 0. The number of hydrazone groups is 1. The van der Waals surface area contributed by atoms with Crippen molar-refractivity contribution < 1.29 is 4.79 Å². The van der Waals surface area contributed by atoms with Crippen LogP contribution in [0.4, 0.5) is 0 Å². The first-order chi connectivity index (χ1) is 15.6. The first-order valence-electron chi connectivity index (χ1n) is 9.58. The zero-order valence-corrected chi connectivity index (χ0v) is 19.8. The van der Waals surface area contributed by atoms with E-state index in [0.717, 1.165) is 21.3 Å². The number of hydrogen-bond donors (Lipinski definition) is 1. The molecule has 4 rings (SSSR count). The molecule has 4 aromatic rings. The van der Waals surface area contributed by atoms with Crippen LogP contribution in [0, 0.1) is 0 Å². The number of thioether (sulfide) groups is 1. The molecule has 0 aliphatic heterocycles. The lowest BCUT2D eigenvalue weighted by Gasteiger charge is -2.10. The van der Waals surface area contributed by atoms with Crippen LogP contribution in [0.2, 0.25) is 5.02 Å². The van der Waals surface area contributed by atoms with Gasteiger partial charge in [-0.15, -0.1) is 10.2 Å². The van der Waals surface area contributed by atoms with E-state index < -0.39 is 0 Å². The highest BCUT2D eigenvalue weighted by molar-refractivity contribution is 9.10. The van der Waals surface area contributed by atoms with Crippen LogP contribution in [0.5, 0.6) is 0 Å². The van der Waals surface area contributed by atoms with E-state index in [1.54, 1.807) is 6.21 Å². The number of amides is 1. The number of nitrogens with one attached hydrogen (secondary N) is 1. The summed E-state index contributed by atoms with van der Waals surface area (Å²) >= 11 is 10.8. The highest BCUT2D eigenvalue weighted by Crippen LogP contribution is 2.28. The number of halogens is 2. The number of nitrogens with zero attached hydrogens (tertiary/aromatic N) is 4. The van der Waals surface area contributed by atoms with Crippen molar-refractivity contribution in [3.8, 4) is 17.1 Å². The summed E-state index contributed by atoms with van der Waals surface area (Å²) in [5, 5.41) is 14.0. The first-order valence-corrected chi connectivity index (χ1v) is 11.7. The third-order valence-corrected chi connectivity index (χ3v) is 6.28. The van der Waals surface area contributed by atoms with E-state index >= 15 is 0 Å². The Morgan fingerprint density at radius 2 is 1.75 bits per heavy atom. The Hall–Kier alpha value is -2.94. The zero-order chi connectivity index (χ0) is 22.3. The maximum atomic E-state index is 12.3. The molecule has 0 aliphatic rings. The minimum atomic E-state index is -0.242. The predicted octanol–water partition coefficient (Wildman–Crippen LogP) is 5.59. The van der Waals surface area contributed by atoms with Gasteiger partial charge in [0.15, 0.2) is 11.0 Å². The number of carbonyl (C=O) groups excluding carboxylic acids is 1. The lowest BCUT2D eigenvalue weighted by atomic mass is 10.2. The maximum Gasteiger partial charge on any atom is 0.250 e. The lowest BCUT2D eigenvalue weighted by Crippen LogP contribution is -2.20. The fourth-order valence-corrected chi connectivity index (χ4v) is 4.13. The van der Waals surface area contributed by atoms with E-state index in [-0.39, 0.29) is 11.7 Å². The molecule has 0 bridgehead atoms. The van der Waals surface area contributed by atoms with Gasteiger partial charge in [0, 0.05) is 26.3 Å². The van der Waals surface area contributed by atoms with Crippen molar-refractivity contribution in [3.63, 3.8) is 0 Å². The van der Waals surface area contributed by atoms with Crippen LogP contribution < -0.4 is 5.43 Å². The molecule has 3 aromatic carbocycles. The van der Waals surface area contributed by atoms with Crippen molar-refractivity contribution in [2.75, 3.05) is 5.75 Å². The predicted molar refractivity (Wildman–Crippen MR) is 132 cm³/mol. The molecule has 0 radical (unpaired) electrons. The number of hydrogen-bond acceptors (Lipinski definition) is 5. The molecule has 0 unspecified atom stereocenters. The molecule has 0 aliphatic carbocycles. The minimum absolute atomic E-state index is 0.138. The molecule has 1 N–H and O–H groups in total. The summed E-state index contributed by atoms with van der Waals surface area (Å²) in [5.74, 6) is 0.565. The number of rotatable bonds is 7. The molecule has 0 fully saturated rings. The van der Waals surface area contributed by atoms with Crippen molar-refractivity contribution in [2.24, 2.45) is 5.10 Å². The van der Waals surface area contributed by atoms with E-state index in [9.17, 15) is 4.79 Å². The highest BCUT2D eigenvalue weighted by atomic mass is 79.9. The molecule has 6 nitrogen and oxygen atoms in total. The van der Waals surface area contributed by atoms with E-state index in [0.29, 0.717) is 16.0 Å². The number of para-hydroxylation sites is 1. The second kappa shape index (κ2) is 10.6. The highest BCUT2D eigenvalue weighted by Gasteiger charge is 2.17. The van der Waals surface area contributed by atoms with Crippen LogP contribution in [0.15, 0.2) is 93.6 Å². The molecule has 160 valence electrons. The van der Waals surface area contributed by atoms with E-state index in [1.165, 1.54) is 11.8 Å². The monoisotopic (exact) mass is 525 g/mol. The largest absolute Gasteiger partial charge is 0.272 e. The third-order valence-electron chi connectivity index (χ3n) is 4.38. The molecule has 32 heavy (non-hydrogen) atoms. The summed E-state index contributed by atoms with van der Waals surface area (Å²) in [6.45, 7) is 0. The van der Waals surface area contributed by atoms with Gasteiger partial charge in [0.1, 0.15) is 0 Å². The second-order valence-electron chi connectivity index (χ2n) is 6.59. The van der Waals surface area contributed by atoms with Gasteiger partial charge in [0.25, 0.3) is 5.91 Å². The smallest absolute Gasteiger partial charge is 0.250 e. The van der Waals surface area contributed by atoms with Crippen molar-refractivity contribution in [2.45, 2.75) is 5.16 Å². The molecular formula is C23H17BrClN5OS. The van der Waals surface area contributed by atoms with Crippen LogP contribution in [0.25, 0.3) is 17.1 Å². The van der Waals surface area contributed by atoms with Gasteiger partial charge in [-0.25, -0.2) is 5.43 Å². The fourth-order valence-electron chi connectivity index (χ4n) is 2.88. The topological polar surface area (TPSA) is 72.2 Å². The molecule has 1 amide bonds. The van der Waals surface area contributed by atoms with Gasteiger partial charge < -0.3 is 0 Å². The van der Waals surface area contributed by atoms with E-state index in [4.69, 9.17) is 11.6 Å². The number of aromatic nitrogens is 3. The molecule has 0 atom stereocenters. The van der Waals surface area contributed by atoms with Crippen LogP contribution in [0.1, 0.15) is 5.56 Å². The van der Waals surface area contributed by atoms with E-state index in [2.05, 4.69) is 36.7 Å². The standard InChI is InChI=1S/C23H17BrClN5OS/c24-20-9-5-4-6-17(20)14-26-27-21(31)15-32-23-29-28-22(16-10-12-18(25)13-11-16)30(23)19-7-2-1-3-8-19/h1-14H,15H2,(H,27,31). The Morgan fingerprint density at radius 3 is 2.50 bits per heavy atom. The zero-order valence-electron chi connectivity index (χ0n) is 16.7. The average molecular weight is 527 g/mol. The second-order valence-corrected chi connectivity index (χ2v) is 8.82. The number of benzene rings is 3. The molecule has 0 spiro atoms. The Labute approximate surface area is 202 Å². The maximum absolute atomic E-state index is 12.3. The summed E-state index contributed by atoms with van der Waals surface area (Å²) < 4.78 is 2.82. The van der Waals surface area contributed by atoms with Crippen molar-refractivity contribution >= 4 is 51.4 Å². The van der Waals surface area contributed by atoms with Gasteiger partial charge in [-0.3, -0.25) is 9.36 Å². The van der Waals surface area contributed by atoms with Gasteiger partial charge in [0.05, 0.1) is 12.0 Å². The van der Waals surface area contributed by atoms with Crippen LogP contribution in [0.3, 0.4) is 0 Å². The van der Waals surface area contributed by atoms with Crippen LogP contribution in [-0.4, -0.2) is 32.6 Å².